The standard InChI is InChI=1S/C18H19BN2O3/c1-18(2)15(21-5-7-23-8-6-21)10-14(24-18)16-12-4-3-11(19)9-13(12)20-17(16)22/h3-4,9-10H,5-8H2,1-2H3,(H,20,22)/b16-14+. The number of nitrogens with one attached hydrogen (secondary N) is 1. The van der Waals surface area contributed by atoms with Crippen molar-refractivity contribution in [2.45, 2.75) is 19.4 Å². The number of anilines is 1. The van der Waals surface area contributed by atoms with Gasteiger partial charge in [-0.3, -0.25) is 4.79 Å². The molecule has 2 radical (unpaired) electrons. The summed E-state index contributed by atoms with van der Waals surface area (Å²) in [6.45, 7) is 7.14. The van der Waals surface area contributed by atoms with E-state index in [2.05, 4.69) is 10.2 Å². The van der Waals surface area contributed by atoms with Gasteiger partial charge in [-0.05, 0) is 19.9 Å². The molecule has 0 atom stereocenters. The monoisotopic (exact) mass is 322 g/mol. The van der Waals surface area contributed by atoms with Gasteiger partial charge in [-0.15, -0.1) is 0 Å². The van der Waals surface area contributed by atoms with E-state index in [9.17, 15) is 4.79 Å². The first kappa shape index (κ1) is 15.3. The number of allylic oxidation sites excluding steroid dienone is 1. The highest BCUT2D eigenvalue weighted by molar-refractivity contribution is 6.36. The molecule has 1 amide bonds. The van der Waals surface area contributed by atoms with Gasteiger partial charge in [-0.25, -0.2) is 0 Å². The molecule has 3 aliphatic rings. The summed E-state index contributed by atoms with van der Waals surface area (Å²) < 4.78 is 11.6. The Morgan fingerprint density at radius 2 is 2.00 bits per heavy atom. The number of carbonyl (C=O) groups excluding carboxylic acids is 1. The van der Waals surface area contributed by atoms with Crippen LogP contribution < -0.4 is 10.8 Å². The molecule has 1 N–H and O–H groups in total. The maximum Gasteiger partial charge on any atom is 0.260 e. The van der Waals surface area contributed by atoms with E-state index in [1.54, 1.807) is 12.1 Å². The van der Waals surface area contributed by atoms with Crippen LogP contribution in [0, 0.1) is 0 Å². The molecule has 1 fully saturated rings. The third-order valence-electron chi connectivity index (χ3n) is 4.64. The third-order valence-corrected chi connectivity index (χ3v) is 4.64. The highest BCUT2D eigenvalue weighted by Crippen LogP contribution is 2.41. The Labute approximate surface area is 142 Å². The Hall–Kier alpha value is -2.21. The number of ether oxygens (including phenoxy) is 2. The maximum absolute atomic E-state index is 12.5. The summed E-state index contributed by atoms with van der Waals surface area (Å²) in [7, 11) is 5.81. The predicted molar refractivity (Wildman–Crippen MR) is 93.0 cm³/mol. The Kier molecular flexibility index (Phi) is 3.46. The van der Waals surface area contributed by atoms with Crippen molar-refractivity contribution in [3.05, 3.63) is 41.3 Å². The lowest BCUT2D eigenvalue weighted by Crippen LogP contribution is -2.41. The van der Waals surface area contributed by atoms with E-state index < -0.39 is 5.60 Å². The zero-order valence-electron chi connectivity index (χ0n) is 13.9. The molecule has 0 unspecified atom stereocenters. The molecule has 0 aromatic heterocycles. The number of benzene rings is 1. The van der Waals surface area contributed by atoms with E-state index in [1.807, 2.05) is 26.0 Å². The van der Waals surface area contributed by atoms with Crippen LogP contribution in [0.4, 0.5) is 5.69 Å². The van der Waals surface area contributed by atoms with Crippen LogP contribution in [-0.2, 0) is 14.3 Å². The number of amides is 1. The first-order valence-electron chi connectivity index (χ1n) is 8.15. The quantitative estimate of drug-likeness (QED) is 0.623. The molecular formula is C18H19BN2O3. The van der Waals surface area contributed by atoms with Crippen molar-refractivity contribution in [2.24, 2.45) is 0 Å². The van der Waals surface area contributed by atoms with Gasteiger partial charge in [0.15, 0.2) is 0 Å². The minimum Gasteiger partial charge on any atom is -0.481 e. The third kappa shape index (κ3) is 2.42. The Morgan fingerprint density at radius 1 is 1.25 bits per heavy atom. The van der Waals surface area contributed by atoms with Gasteiger partial charge in [-0.2, -0.15) is 0 Å². The fourth-order valence-electron chi connectivity index (χ4n) is 3.49. The average Bonchev–Trinajstić information content (AvgIpc) is 3.02. The summed E-state index contributed by atoms with van der Waals surface area (Å²) in [5.41, 5.74) is 3.37. The van der Waals surface area contributed by atoms with Crippen LogP contribution in [0.1, 0.15) is 19.4 Å². The van der Waals surface area contributed by atoms with Crippen molar-refractivity contribution in [1.82, 2.24) is 4.90 Å². The van der Waals surface area contributed by atoms with E-state index in [4.69, 9.17) is 17.3 Å². The van der Waals surface area contributed by atoms with Gasteiger partial charge < -0.3 is 19.7 Å². The smallest absolute Gasteiger partial charge is 0.260 e. The zero-order chi connectivity index (χ0) is 16.9. The van der Waals surface area contributed by atoms with Gasteiger partial charge in [-0.1, -0.05) is 17.6 Å². The minimum atomic E-state index is -0.476. The fraction of sp³-hybridized carbons (Fsp3) is 0.389. The van der Waals surface area contributed by atoms with Gasteiger partial charge >= 0.3 is 0 Å². The fourth-order valence-corrected chi connectivity index (χ4v) is 3.49. The van der Waals surface area contributed by atoms with Gasteiger partial charge in [0.25, 0.3) is 5.91 Å². The number of fused-ring (bicyclic) bond motifs is 1. The lowest BCUT2D eigenvalue weighted by molar-refractivity contribution is -0.111. The SMILES string of the molecule is [B]c1ccc2c(c1)NC(=O)/C2=C1\C=C(N2CCOCC2)C(C)(C)O1. The van der Waals surface area contributed by atoms with E-state index in [0.717, 1.165) is 30.0 Å². The van der Waals surface area contributed by atoms with Crippen molar-refractivity contribution in [2.75, 3.05) is 31.6 Å². The van der Waals surface area contributed by atoms with E-state index in [-0.39, 0.29) is 5.91 Å². The van der Waals surface area contributed by atoms with Gasteiger partial charge in [0.05, 0.1) is 24.5 Å². The van der Waals surface area contributed by atoms with Crippen molar-refractivity contribution in [1.29, 1.82) is 0 Å². The molecule has 5 nitrogen and oxygen atoms in total. The first-order chi connectivity index (χ1) is 11.5. The number of hydrogen-bond acceptors (Lipinski definition) is 4. The summed E-state index contributed by atoms with van der Waals surface area (Å²) in [5.74, 6) is 0.461. The van der Waals surface area contributed by atoms with Gasteiger partial charge in [0, 0.05) is 30.4 Å². The van der Waals surface area contributed by atoms with Gasteiger partial charge in [0.1, 0.15) is 19.2 Å². The molecule has 4 rings (SSSR count). The molecule has 0 aliphatic carbocycles. The molecular weight excluding hydrogens is 303 g/mol. The van der Waals surface area contributed by atoms with Crippen LogP contribution in [0.3, 0.4) is 0 Å². The van der Waals surface area contributed by atoms with Crippen LogP contribution in [0.2, 0.25) is 0 Å². The summed E-state index contributed by atoms with van der Waals surface area (Å²) in [6.07, 6.45) is 1.99. The number of nitrogens with zero attached hydrogens (tertiary/aromatic N) is 1. The molecule has 0 bridgehead atoms. The Balaban J connectivity index is 1.78. The summed E-state index contributed by atoms with van der Waals surface area (Å²) in [5, 5.41) is 2.87. The van der Waals surface area contributed by atoms with Crippen LogP contribution in [-0.4, -0.2) is 50.6 Å². The molecule has 1 aromatic rings. The number of rotatable bonds is 1. The molecule has 24 heavy (non-hydrogen) atoms. The van der Waals surface area contributed by atoms with Crippen LogP contribution in [0.25, 0.3) is 5.57 Å². The van der Waals surface area contributed by atoms with Crippen molar-refractivity contribution in [3.63, 3.8) is 0 Å². The molecule has 3 aliphatic heterocycles. The summed E-state index contributed by atoms with van der Waals surface area (Å²) >= 11 is 0. The second-order valence-corrected chi connectivity index (χ2v) is 6.74. The van der Waals surface area contributed by atoms with Crippen molar-refractivity contribution >= 4 is 30.5 Å². The number of hydrogen-bond donors (Lipinski definition) is 1. The second-order valence-electron chi connectivity index (χ2n) is 6.74. The summed E-state index contributed by atoms with van der Waals surface area (Å²) in [6, 6.07) is 5.43. The first-order valence-corrected chi connectivity index (χ1v) is 8.15. The number of morpholine rings is 1. The molecule has 0 spiro atoms. The minimum absolute atomic E-state index is 0.152. The Morgan fingerprint density at radius 3 is 2.75 bits per heavy atom. The zero-order valence-corrected chi connectivity index (χ0v) is 13.9. The summed E-state index contributed by atoms with van der Waals surface area (Å²) in [4.78, 5) is 14.7. The highest BCUT2D eigenvalue weighted by atomic mass is 16.5. The normalized spacial score (nSPS) is 25.2. The van der Waals surface area contributed by atoms with Crippen LogP contribution in [0.5, 0.6) is 0 Å². The van der Waals surface area contributed by atoms with Gasteiger partial charge in [0.2, 0.25) is 0 Å². The topological polar surface area (TPSA) is 50.8 Å². The molecule has 1 saturated heterocycles. The largest absolute Gasteiger partial charge is 0.481 e. The van der Waals surface area contributed by atoms with Crippen LogP contribution >= 0.6 is 0 Å². The molecule has 1 aromatic carbocycles. The van der Waals surface area contributed by atoms with Crippen molar-refractivity contribution in [3.8, 4) is 0 Å². The Bertz CT molecular complexity index is 776. The molecule has 6 heteroatoms. The second kappa shape index (κ2) is 5.41. The molecule has 122 valence electrons. The number of carbonyl (C=O) groups is 1. The molecule has 0 saturated carbocycles. The molecule has 3 heterocycles. The predicted octanol–water partition coefficient (Wildman–Crippen LogP) is 1.17. The lowest BCUT2D eigenvalue weighted by atomic mass is 9.93. The van der Waals surface area contributed by atoms with Crippen LogP contribution in [0.15, 0.2) is 35.7 Å². The van der Waals surface area contributed by atoms with Crippen molar-refractivity contribution < 1.29 is 14.3 Å². The lowest BCUT2D eigenvalue weighted by Gasteiger charge is -2.35. The van der Waals surface area contributed by atoms with E-state index >= 15 is 0 Å². The average molecular weight is 322 g/mol. The maximum atomic E-state index is 12.5. The highest BCUT2D eigenvalue weighted by Gasteiger charge is 2.39. The van der Waals surface area contributed by atoms with E-state index in [0.29, 0.717) is 30.0 Å². The van der Waals surface area contributed by atoms with E-state index in [1.165, 1.54) is 0 Å².